The second-order valence-corrected chi connectivity index (χ2v) is 5.18. The molecule has 2 aromatic carbocycles. The zero-order valence-corrected chi connectivity index (χ0v) is 12.2. The van der Waals surface area contributed by atoms with Gasteiger partial charge in [-0.3, -0.25) is 0 Å². The lowest BCUT2D eigenvalue weighted by molar-refractivity contribution is 0.0990. The zero-order valence-electron chi connectivity index (χ0n) is 12.2. The van der Waals surface area contributed by atoms with Crippen LogP contribution in [0.1, 0.15) is 18.2 Å². The molecule has 1 unspecified atom stereocenters. The van der Waals surface area contributed by atoms with Gasteiger partial charge in [-0.05, 0) is 42.8 Å². The van der Waals surface area contributed by atoms with E-state index in [1.165, 1.54) is 18.5 Å². The fourth-order valence-electron chi connectivity index (χ4n) is 2.47. The second-order valence-electron chi connectivity index (χ2n) is 5.18. The van der Waals surface area contributed by atoms with Crippen molar-refractivity contribution in [1.82, 2.24) is 9.97 Å². The van der Waals surface area contributed by atoms with Crippen LogP contribution < -0.4 is 4.74 Å². The number of aliphatic hydroxyl groups is 1. The average molecular weight is 298 g/mol. The number of aromatic nitrogens is 2. The van der Waals surface area contributed by atoms with E-state index in [0.29, 0.717) is 27.9 Å². The zero-order chi connectivity index (χ0) is 15.7. The van der Waals surface area contributed by atoms with Crippen molar-refractivity contribution >= 4 is 10.9 Å². The molecule has 0 spiro atoms. The molecule has 3 aromatic rings. The van der Waals surface area contributed by atoms with Crippen molar-refractivity contribution in [3.8, 4) is 5.75 Å². The Hall–Kier alpha value is -2.53. The molecule has 3 rings (SSSR count). The minimum absolute atomic E-state index is 0.363. The van der Waals surface area contributed by atoms with Crippen LogP contribution in [0.15, 0.2) is 48.8 Å². The molecule has 0 amide bonds. The van der Waals surface area contributed by atoms with Gasteiger partial charge in [-0.2, -0.15) is 0 Å². The van der Waals surface area contributed by atoms with Crippen LogP contribution in [0.25, 0.3) is 10.9 Å². The van der Waals surface area contributed by atoms with Crippen molar-refractivity contribution < 1.29 is 14.2 Å². The molecule has 0 fully saturated rings. The molecule has 5 heteroatoms. The minimum atomic E-state index is -1.37. The van der Waals surface area contributed by atoms with Gasteiger partial charge in [-0.15, -0.1) is 0 Å². The van der Waals surface area contributed by atoms with Crippen LogP contribution in [-0.4, -0.2) is 22.2 Å². The molecule has 1 atom stereocenters. The summed E-state index contributed by atoms with van der Waals surface area (Å²) < 4.78 is 18.7. The summed E-state index contributed by atoms with van der Waals surface area (Å²) in [4.78, 5) is 8.29. The summed E-state index contributed by atoms with van der Waals surface area (Å²) in [5.74, 6) is 0.298. The van der Waals surface area contributed by atoms with Crippen LogP contribution in [-0.2, 0) is 5.60 Å². The number of halogens is 1. The molecule has 0 aliphatic heterocycles. The summed E-state index contributed by atoms with van der Waals surface area (Å²) in [5.41, 5.74) is 0.209. The van der Waals surface area contributed by atoms with Crippen LogP contribution >= 0.6 is 0 Å². The fraction of sp³-hybridized carbons (Fsp3) is 0.176. The predicted octanol–water partition coefficient (Wildman–Crippen LogP) is 3.03. The van der Waals surface area contributed by atoms with E-state index in [0.717, 1.165) is 0 Å². The number of methoxy groups -OCH3 is 1. The van der Waals surface area contributed by atoms with Crippen molar-refractivity contribution in [3.05, 3.63) is 65.9 Å². The third-order valence-electron chi connectivity index (χ3n) is 3.71. The lowest BCUT2D eigenvalue weighted by Crippen LogP contribution is -2.24. The Morgan fingerprint density at radius 3 is 2.50 bits per heavy atom. The quantitative estimate of drug-likeness (QED) is 0.807. The molecule has 0 aliphatic rings. The molecule has 4 nitrogen and oxygen atoms in total. The lowest BCUT2D eigenvalue weighted by Gasteiger charge is -2.24. The molecule has 1 heterocycles. The third kappa shape index (κ3) is 2.40. The minimum Gasteiger partial charge on any atom is -0.497 e. The van der Waals surface area contributed by atoms with E-state index < -0.39 is 11.4 Å². The smallest absolute Gasteiger partial charge is 0.129 e. The number of nitrogens with zero attached hydrogens (tertiary/aromatic N) is 2. The molecule has 112 valence electrons. The molecule has 0 bridgehead atoms. The Morgan fingerprint density at radius 1 is 1.09 bits per heavy atom. The van der Waals surface area contributed by atoms with Gasteiger partial charge in [-0.25, -0.2) is 14.4 Å². The van der Waals surface area contributed by atoms with Gasteiger partial charge in [0.15, 0.2) is 0 Å². The maximum absolute atomic E-state index is 13.6. The highest BCUT2D eigenvalue weighted by molar-refractivity contribution is 5.82. The SMILES string of the molecule is COc1ccc(C(C)(O)c2ncnc3ccc(F)cc23)cc1. The number of ether oxygens (including phenoxy) is 1. The molecular formula is C17H15FN2O2. The van der Waals surface area contributed by atoms with E-state index in [1.54, 1.807) is 44.4 Å². The molecular weight excluding hydrogens is 283 g/mol. The van der Waals surface area contributed by atoms with Crippen molar-refractivity contribution in [2.45, 2.75) is 12.5 Å². The molecule has 0 saturated carbocycles. The third-order valence-corrected chi connectivity index (χ3v) is 3.71. The molecule has 0 aliphatic carbocycles. The van der Waals surface area contributed by atoms with Crippen LogP contribution in [0.3, 0.4) is 0 Å². The van der Waals surface area contributed by atoms with Gasteiger partial charge in [0.25, 0.3) is 0 Å². The van der Waals surface area contributed by atoms with Crippen molar-refractivity contribution in [2.24, 2.45) is 0 Å². The maximum atomic E-state index is 13.6. The summed E-state index contributed by atoms with van der Waals surface area (Å²) in [7, 11) is 1.58. The van der Waals surface area contributed by atoms with Crippen molar-refractivity contribution in [1.29, 1.82) is 0 Å². The van der Waals surface area contributed by atoms with Crippen molar-refractivity contribution in [3.63, 3.8) is 0 Å². The number of benzene rings is 2. The van der Waals surface area contributed by atoms with Gasteiger partial charge in [-0.1, -0.05) is 12.1 Å². The van der Waals surface area contributed by atoms with E-state index in [-0.39, 0.29) is 0 Å². The monoisotopic (exact) mass is 298 g/mol. The van der Waals surface area contributed by atoms with Gasteiger partial charge in [0.1, 0.15) is 23.5 Å². The highest BCUT2D eigenvalue weighted by Gasteiger charge is 2.29. The first-order valence-electron chi connectivity index (χ1n) is 6.80. The summed E-state index contributed by atoms with van der Waals surface area (Å²) >= 11 is 0. The Labute approximate surface area is 127 Å². The summed E-state index contributed by atoms with van der Waals surface area (Å²) in [6.45, 7) is 1.63. The predicted molar refractivity (Wildman–Crippen MR) is 81.2 cm³/mol. The second kappa shape index (κ2) is 5.35. The van der Waals surface area contributed by atoms with Crippen LogP contribution in [0.2, 0.25) is 0 Å². The molecule has 0 saturated heterocycles. The molecule has 0 radical (unpaired) electrons. The maximum Gasteiger partial charge on any atom is 0.129 e. The van der Waals surface area contributed by atoms with Gasteiger partial charge in [0, 0.05) is 5.39 Å². The number of rotatable bonds is 3. The van der Waals surface area contributed by atoms with Gasteiger partial charge < -0.3 is 9.84 Å². The number of fused-ring (bicyclic) bond motifs is 1. The van der Waals surface area contributed by atoms with E-state index in [9.17, 15) is 9.50 Å². The topological polar surface area (TPSA) is 55.2 Å². The van der Waals surface area contributed by atoms with Gasteiger partial charge in [0.2, 0.25) is 0 Å². The standard InChI is InChI=1S/C17H15FN2O2/c1-17(21,11-3-6-13(22-2)7-4-11)16-14-9-12(18)5-8-15(14)19-10-20-16/h3-10,21H,1-2H3. The van der Waals surface area contributed by atoms with E-state index in [4.69, 9.17) is 4.74 Å². The fourth-order valence-corrected chi connectivity index (χ4v) is 2.47. The first-order chi connectivity index (χ1) is 10.5. The van der Waals surface area contributed by atoms with E-state index >= 15 is 0 Å². The Bertz CT molecular complexity index is 817. The number of hydrogen-bond donors (Lipinski definition) is 1. The molecule has 1 aromatic heterocycles. The Kier molecular flexibility index (Phi) is 3.50. The summed E-state index contributed by atoms with van der Waals surface area (Å²) in [5, 5.41) is 11.4. The summed E-state index contributed by atoms with van der Waals surface area (Å²) in [6.07, 6.45) is 1.37. The van der Waals surface area contributed by atoms with Crippen LogP contribution in [0.5, 0.6) is 5.75 Å². The largest absolute Gasteiger partial charge is 0.497 e. The lowest BCUT2D eigenvalue weighted by atomic mass is 9.90. The van der Waals surface area contributed by atoms with E-state index in [1.807, 2.05) is 0 Å². The Balaban J connectivity index is 2.17. The normalized spacial score (nSPS) is 13.8. The van der Waals surface area contributed by atoms with Crippen molar-refractivity contribution in [2.75, 3.05) is 7.11 Å². The van der Waals surface area contributed by atoms with Crippen LogP contribution in [0.4, 0.5) is 4.39 Å². The molecule has 22 heavy (non-hydrogen) atoms. The van der Waals surface area contributed by atoms with Gasteiger partial charge >= 0.3 is 0 Å². The van der Waals surface area contributed by atoms with Crippen LogP contribution in [0, 0.1) is 5.82 Å². The number of hydrogen-bond acceptors (Lipinski definition) is 4. The molecule has 1 N–H and O–H groups in total. The average Bonchev–Trinajstić information content (AvgIpc) is 2.54. The Morgan fingerprint density at radius 2 is 1.82 bits per heavy atom. The highest BCUT2D eigenvalue weighted by atomic mass is 19.1. The first kappa shape index (κ1) is 14.4. The van der Waals surface area contributed by atoms with Gasteiger partial charge in [0.05, 0.1) is 18.3 Å². The van der Waals surface area contributed by atoms with E-state index in [2.05, 4.69) is 9.97 Å². The summed E-state index contributed by atoms with van der Waals surface area (Å²) in [6, 6.07) is 11.3. The first-order valence-corrected chi connectivity index (χ1v) is 6.80. The highest BCUT2D eigenvalue weighted by Crippen LogP contribution is 2.33.